The molecule has 0 spiro atoms. The number of amides is 1. The summed E-state index contributed by atoms with van der Waals surface area (Å²) in [5.41, 5.74) is 1.54. The Morgan fingerprint density at radius 2 is 1.96 bits per heavy atom. The summed E-state index contributed by atoms with van der Waals surface area (Å²) in [6.45, 7) is 10.9. The van der Waals surface area contributed by atoms with Crippen molar-refractivity contribution in [3.63, 3.8) is 0 Å². The van der Waals surface area contributed by atoms with E-state index in [0.29, 0.717) is 19.1 Å². The van der Waals surface area contributed by atoms with E-state index < -0.39 is 11.7 Å². The van der Waals surface area contributed by atoms with Crippen molar-refractivity contribution in [2.24, 2.45) is 5.92 Å². The number of hydrogen-bond acceptors (Lipinski definition) is 4. The van der Waals surface area contributed by atoms with E-state index in [9.17, 15) is 4.79 Å². The van der Waals surface area contributed by atoms with Crippen molar-refractivity contribution in [2.45, 2.75) is 52.8 Å². The van der Waals surface area contributed by atoms with Gasteiger partial charge in [-0.15, -0.1) is 0 Å². The summed E-state index contributed by atoms with van der Waals surface area (Å²) in [6, 6.07) is 8.24. The van der Waals surface area contributed by atoms with Crippen molar-refractivity contribution in [1.29, 1.82) is 0 Å². The van der Waals surface area contributed by atoms with Gasteiger partial charge >= 0.3 is 6.09 Å². The van der Waals surface area contributed by atoms with Gasteiger partial charge in [0.1, 0.15) is 5.60 Å². The molecule has 2 N–H and O–H groups in total. The van der Waals surface area contributed by atoms with Crippen LogP contribution in [0, 0.1) is 5.92 Å². The van der Waals surface area contributed by atoms with Crippen molar-refractivity contribution in [1.82, 2.24) is 5.32 Å². The zero-order valence-corrected chi connectivity index (χ0v) is 15.1. The third-order valence-electron chi connectivity index (χ3n) is 3.27. The Morgan fingerprint density at radius 1 is 1.26 bits per heavy atom. The molecule has 1 amide bonds. The van der Waals surface area contributed by atoms with Crippen LogP contribution in [0.3, 0.4) is 0 Å². The van der Waals surface area contributed by atoms with E-state index in [4.69, 9.17) is 9.47 Å². The first-order valence-electron chi connectivity index (χ1n) is 8.02. The molecule has 0 aliphatic rings. The van der Waals surface area contributed by atoms with E-state index in [1.165, 1.54) is 0 Å². The summed E-state index contributed by atoms with van der Waals surface area (Å²) in [4.78, 5) is 11.7. The molecular weight excluding hydrogens is 292 g/mol. The van der Waals surface area contributed by atoms with E-state index in [1.54, 1.807) is 7.11 Å². The lowest BCUT2D eigenvalue weighted by Crippen LogP contribution is -2.32. The highest BCUT2D eigenvalue weighted by molar-refractivity contribution is 5.67. The van der Waals surface area contributed by atoms with Crippen molar-refractivity contribution in [2.75, 3.05) is 19.0 Å². The van der Waals surface area contributed by atoms with Gasteiger partial charge in [-0.25, -0.2) is 4.79 Å². The van der Waals surface area contributed by atoms with Gasteiger partial charge in [-0.05, 0) is 44.4 Å². The third kappa shape index (κ3) is 7.88. The molecule has 5 nitrogen and oxygen atoms in total. The fourth-order valence-corrected chi connectivity index (χ4v) is 2.05. The van der Waals surface area contributed by atoms with Gasteiger partial charge in [-0.2, -0.15) is 0 Å². The number of benzene rings is 1. The maximum absolute atomic E-state index is 11.7. The van der Waals surface area contributed by atoms with Gasteiger partial charge in [0.15, 0.2) is 0 Å². The molecule has 1 atom stereocenters. The topological polar surface area (TPSA) is 59.6 Å². The first-order valence-corrected chi connectivity index (χ1v) is 8.02. The van der Waals surface area contributed by atoms with E-state index in [0.717, 1.165) is 11.3 Å². The van der Waals surface area contributed by atoms with E-state index >= 15 is 0 Å². The van der Waals surface area contributed by atoms with Crippen molar-refractivity contribution >= 4 is 11.8 Å². The summed E-state index contributed by atoms with van der Waals surface area (Å²) in [6.07, 6.45) is -0.407. The molecule has 5 heteroatoms. The van der Waals surface area contributed by atoms with Gasteiger partial charge < -0.3 is 20.1 Å². The third-order valence-corrected chi connectivity index (χ3v) is 3.27. The molecule has 0 bridgehead atoms. The molecular formula is C18H30N2O3. The average Bonchev–Trinajstić information content (AvgIpc) is 2.43. The molecule has 0 saturated heterocycles. The van der Waals surface area contributed by atoms with Gasteiger partial charge in [0.25, 0.3) is 0 Å². The second kappa shape index (κ2) is 8.77. The SMILES string of the molecule is COCC(Nc1cccc(CNC(=O)OC(C)(C)C)c1)C(C)C. The molecule has 130 valence electrons. The molecule has 0 fully saturated rings. The first-order chi connectivity index (χ1) is 10.7. The fraction of sp³-hybridized carbons (Fsp3) is 0.611. The maximum Gasteiger partial charge on any atom is 0.407 e. The van der Waals surface area contributed by atoms with Gasteiger partial charge in [0, 0.05) is 19.3 Å². The number of nitrogens with one attached hydrogen (secondary N) is 2. The summed E-state index contributed by atoms with van der Waals surface area (Å²) >= 11 is 0. The number of rotatable bonds is 7. The highest BCUT2D eigenvalue weighted by atomic mass is 16.6. The molecule has 23 heavy (non-hydrogen) atoms. The van der Waals surface area contributed by atoms with Crippen LogP contribution in [0.5, 0.6) is 0 Å². The van der Waals surface area contributed by atoms with Crippen LogP contribution in [0.15, 0.2) is 24.3 Å². The minimum atomic E-state index is -0.488. The highest BCUT2D eigenvalue weighted by Gasteiger charge is 2.16. The lowest BCUT2D eigenvalue weighted by atomic mass is 10.0. The van der Waals surface area contributed by atoms with Crippen LogP contribution in [-0.4, -0.2) is 31.5 Å². The van der Waals surface area contributed by atoms with Gasteiger partial charge in [0.05, 0.1) is 12.6 Å². The van der Waals surface area contributed by atoms with E-state index in [1.807, 2.05) is 45.0 Å². The molecule has 1 aromatic rings. The molecule has 0 aliphatic carbocycles. The molecule has 1 unspecified atom stereocenters. The lowest BCUT2D eigenvalue weighted by molar-refractivity contribution is 0.0523. The second-order valence-electron chi connectivity index (χ2n) is 7.01. The monoisotopic (exact) mass is 322 g/mol. The van der Waals surface area contributed by atoms with Crippen LogP contribution in [0.25, 0.3) is 0 Å². The fourth-order valence-electron chi connectivity index (χ4n) is 2.05. The molecule has 0 aliphatic heterocycles. The molecule has 0 aromatic heterocycles. The van der Waals surface area contributed by atoms with Crippen LogP contribution < -0.4 is 10.6 Å². The minimum absolute atomic E-state index is 0.245. The normalized spacial score (nSPS) is 12.8. The smallest absolute Gasteiger partial charge is 0.407 e. The Kier molecular flexibility index (Phi) is 7.36. The van der Waals surface area contributed by atoms with Crippen LogP contribution in [0.4, 0.5) is 10.5 Å². The number of carbonyl (C=O) groups excluding carboxylic acids is 1. The van der Waals surface area contributed by atoms with Crippen molar-refractivity contribution in [3.05, 3.63) is 29.8 Å². The van der Waals surface area contributed by atoms with Crippen LogP contribution in [0.1, 0.15) is 40.2 Å². The Labute approximate surface area is 139 Å². The van der Waals surface area contributed by atoms with Crippen LogP contribution in [0.2, 0.25) is 0 Å². The van der Waals surface area contributed by atoms with Gasteiger partial charge in [0.2, 0.25) is 0 Å². The first kappa shape index (κ1) is 19.3. The molecule has 0 heterocycles. The van der Waals surface area contributed by atoms with Crippen molar-refractivity contribution < 1.29 is 14.3 Å². The van der Waals surface area contributed by atoms with Crippen LogP contribution >= 0.6 is 0 Å². The minimum Gasteiger partial charge on any atom is -0.444 e. The Bertz CT molecular complexity index is 495. The molecule has 0 saturated carbocycles. The van der Waals surface area contributed by atoms with Crippen molar-refractivity contribution in [3.8, 4) is 0 Å². The molecule has 1 aromatic carbocycles. The molecule has 1 rings (SSSR count). The zero-order valence-electron chi connectivity index (χ0n) is 15.1. The summed E-state index contributed by atoms with van der Waals surface area (Å²) in [5.74, 6) is 0.457. The summed E-state index contributed by atoms with van der Waals surface area (Å²) < 4.78 is 10.5. The zero-order chi connectivity index (χ0) is 17.5. The largest absolute Gasteiger partial charge is 0.444 e. The Morgan fingerprint density at radius 3 is 2.52 bits per heavy atom. The number of hydrogen-bond donors (Lipinski definition) is 2. The predicted molar refractivity (Wildman–Crippen MR) is 93.6 cm³/mol. The lowest BCUT2D eigenvalue weighted by Gasteiger charge is -2.23. The van der Waals surface area contributed by atoms with Crippen LogP contribution in [-0.2, 0) is 16.0 Å². The van der Waals surface area contributed by atoms with Gasteiger partial charge in [-0.1, -0.05) is 26.0 Å². The standard InChI is InChI=1S/C18H30N2O3/c1-13(2)16(12-22-6)20-15-9-7-8-14(10-15)11-19-17(21)23-18(3,4)5/h7-10,13,16,20H,11-12H2,1-6H3,(H,19,21). The predicted octanol–water partition coefficient (Wildman–Crippen LogP) is 3.79. The van der Waals surface area contributed by atoms with Gasteiger partial charge in [-0.3, -0.25) is 0 Å². The maximum atomic E-state index is 11.7. The van der Waals surface area contributed by atoms with E-state index in [-0.39, 0.29) is 6.04 Å². The Hall–Kier alpha value is -1.75. The number of methoxy groups -OCH3 is 1. The Balaban J connectivity index is 2.61. The average molecular weight is 322 g/mol. The number of carbonyl (C=O) groups is 1. The quantitative estimate of drug-likeness (QED) is 0.802. The molecule has 0 radical (unpaired) electrons. The van der Waals surface area contributed by atoms with E-state index in [2.05, 4.69) is 24.5 Å². The summed E-state index contributed by atoms with van der Waals surface area (Å²) in [5, 5.41) is 6.25. The number of anilines is 1. The number of ether oxygens (including phenoxy) is 2. The second-order valence-corrected chi connectivity index (χ2v) is 7.01. The summed E-state index contributed by atoms with van der Waals surface area (Å²) in [7, 11) is 1.71. The highest BCUT2D eigenvalue weighted by Crippen LogP contribution is 2.15. The number of alkyl carbamates (subject to hydrolysis) is 1.